The summed E-state index contributed by atoms with van der Waals surface area (Å²) in [5, 5.41) is 93.0. The van der Waals surface area contributed by atoms with Crippen molar-refractivity contribution in [2.24, 2.45) is 0 Å². The van der Waals surface area contributed by atoms with Crippen LogP contribution in [0.2, 0.25) is 0 Å². The molecular weight excluding hydrogens is 620 g/mol. The summed E-state index contributed by atoms with van der Waals surface area (Å²) in [5.41, 5.74) is -1.40. The van der Waals surface area contributed by atoms with Gasteiger partial charge in [0, 0.05) is 11.6 Å². The monoisotopic (exact) mass is 654 g/mol. The third-order valence-corrected chi connectivity index (χ3v) is 7.84. The van der Waals surface area contributed by atoms with E-state index in [2.05, 4.69) is 0 Å². The predicted octanol–water partition coefficient (Wildman–Crippen LogP) is -1.38. The maximum Gasteiger partial charge on any atom is 0.239 e. The van der Waals surface area contributed by atoms with Crippen molar-refractivity contribution in [3.05, 3.63) is 34.5 Å². The van der Waals surface area contributed by atoms with Gasteiger partial charge in [-0.25, -0.2) is 0 Å². The number of aliphatic hydroxyl groups excluding tert-OH is 6. The molecule has 0 radical (unpaired) electrons. The number of fused-ring (bicyclic) bond motifs is 1. The number of methoxy groups -OCH3 is 2. The standard InChI is InChI=1S/C29H34O17/c1-9-17(34)20(37)22(39)28(42-9)46-27-21(38)18(35)15(8-30)43-29(27)45-26-19(36)16-12(32)7-13(33)24(41-3)25(16)44-23(26)10-4-5-11(31)14(6-10)40-2/h4-7,9,15,17-18,20-22,27-35,37-39H,8H2,1-3H3/t9-,15+,17-,18+,20+,21-,22+,27+,28-,29-/m0/s1. The van der Waals surface area contributed by atoms with Crippen LogP contribution in [0.1, 0.15) is 6.92 Å². The van der Waals surface area contributed by atoms with Gasteiger partial charge < -0.3 is 78.8 Å². The zero-order valence-electron chi connectivity index (χ0n) is 24.6. The van der Waals surface area contributed by atoms with E-state index in [1.807, 2.05) is 0 Å². The Bertz CT molecular complexity index is 1620. The topological polar surface area (TPSA) is 268 Å². The van der Waals surface area contributed by atoms with E-state index >= 15 is 0 Å². The molecule has 10 atom stereocenters. The summed E-state index contributed by atoms with van der Waals surface area (Å²) in [6, 6.07) is 4.63. The van der Waals surface area contributed by atoms with Crippen LogP contribution in [0, 0.1) is 0 Å². The molecule has 2 saturated heterocycles. The first-order valence-electron chi connectivity index (χ1n) is 13.9. The smallest absolute Gasteiger partial charge is 0.239 e. The number of aliphatic hydroxyl groups is 6. The summed E-state index contributed by atoms with van der Waals surface area (Å²) >= 11 is 0. The lowest BCUT2D eigenvalue weighted by atomic mass is 9.97. The molecule has 0 unspecified atom stereocenters. The van der Waals surface area contributed by atoms with Gasteiger partial charge in [0.05, 0.1) is 26.9 Å². The number of phenolic OH excluding ortho intramolecular Hbond substituents is 3. The van der Waals surface area contributed by atoms with E-state index in [0.717, 1.165) is 6.07 Å². The first-order valence-corrected chi connectivity index (χ1v) is 13.9. The van der Waals surface area contributed by atoms with Crippen molar-refractivity contribution in [1.82, 2.24) is 0 Å². The second-order valence-electron chi connectivity index (χ2n) is 10.7. The highest BCUT2D eigenvalue weighted by Crippen LogP contribution is 2.44. The average molecular weight is 655 g/mol. The Morgan fingerprint density at radius 3 is 2.15 bits per heavy atom. The van der Waals surface area contributed by atoms with Crippen LogP contribution in [-0.4, -0.2) is 128 Å². The van der Waals surface area contributed by atoms with Gasteiger partial charge in [-0.3, -0.25) is 4.79 Å². The van der Waals surface area contributed by atoms with E-state index in [0.29, 0.717) is 0 Å². The number of hydrogen-bond acceptors (Lipinski definition) is 17. The second-order valence-corrected chi connectivity index (χ2v) is 10.7. The third-order valence-electron chi connectivity index (χ3n) is 7.84. The molecule has 0 amide bonds. The van der Waals surface area contributed by atoms with Gasteiger partial charge in [-0.05, 0) is 25.1 Å². The molecule has 0 bridgehead atoms. The van der Waals surface area contributed by atoms with Gasteiger partial charge in [0.2, 0.25) is 23.2 Å². The zero-order chi connectivity index (χ0) is 33.6. The van der Waals surface area contributed by atoms with Crippen LogP contribution in [-0.2, 0) is 14.2 Å². The summed E-state index contributed by atoms with van der Waals surface area (Å²) in [6.45, 7) is 0.548. The van der Waals surface area contributed by atoms with Gasteiger partial charge >= 0.3 is 0 Å². The molecule has 9 N–H and O–H groups in total. The minimum atomic E-state index is -1.92. The Labute approximate surface area is 259 Å². The second kappa shape index (κ2) is 13.1. The lowest BCUT2D eigenvalue weighted by Crippen LogP contribution is -2.64. The van der Waals surface area contributed by atoms with E-state index < -0.39 is 102 Å². The van der Waals surface area contributed by atoms with Crippen molar-refractivity contribution < 1.29 is 78.8 Å². The molecule has 252 valence electrons. The molecule has 0 saturated carbocycles. The van der Waals surface area contributed by atoms with E-state index in [1.165, 1.54) is 39.3 Å². The van der Waals surface area contributed by atoms with Crippen LogP contribution in [0.25, 0.3) is 22.3 Å². The van der Waals surface area contributed by atoms with Gasteiger partial charge in [0.25, 0.3) is 0 Å². The molecule has 3 aromatic rings. The van der Waals surface area contributed by atoms with Gasteiger partial charge in [-0.1, -0.05) is 0 Å². The van der Waals surface area contributed by atoms with Gasteiger partial charge in [-0.2, -0.15) is 0 Å². The number of hydrogen-bond donors (Lipinski definition) is 9. The highest BCUT2D eigenvalue weighted by Gasteiger charge is 2.51. The van der Waals surface area contributed by atoms with E-state index in [4.69, 9.17) is 32.8 Å². The van der Waals surface area contributed by atoms with Crippen LogP contribution >= 0.6 is 0 Å². The highest BCUT2D eigenvalue weighted by atomic mass is 16.8. The fourth-order valence-electron chi connectivity index (χ4n) is 5.30. The Hall–Kier alpha value is -3.91. The molecule has 1 aromatic heterocycles. The molecule has 17 nitrogen and oxygen atoms in total. The maximum atomic E-state index is 14.0. The van der Waals surface area contributed by atoms with Crippen molar-refractivity contribution in [3.63, 3.8) is 0 Å². The minimum absolute atomic E-state index is 0.0516. The third kappa shape index (κ3) is 5.76. The largest absolute Gasteiger partial charge is 0.507 e. The lowest BCUT2D eigenvalue weighted by molar-refractivity contribution is -0.354. The van der Waals surface area contributed by atoms with Gasteiger partial charge in [-0.15, -0.1) is 0 Å². The average Bonchev–Trinajstić information content (AvgIpc) is 3.03. The van der Waals surface area contributed by atoms with Crippen molar-refractivity contribution in [1.29, 1.82) is 0 Å². The molecule has 0 aliphatic carbocycles. The minimum Gasteiger partial charge on any atom is -0.507 e. The van der Waals surface area contributed by atoms with Crippen LogP contribution in [0.3, 0.4) is 0 Å². The quantitative estimate of drug-likeness (QED) is 0.135. The van der Waals surface area contributed by atoms with Crippen LogP contribution < -0.4 is 19.6 Å². The Balaban J connectivity index is 1.67. The molecule has 0 spiro atoms. The normalized spacial score (nSPS) is 31.5. The van der Waals surface area contributed by atoms with E-state index in [1.54, 1.807) is 0 Å². The van der Waals surface area contributed by atoms with Crippen LogP contribution in [0.15, 0.2) is 33.5 Å². The molecular formula is C29H34O17. The molecule has 5 rings (SSSR count). The van der Waals surface area contributed by atoms with Crippen molar-refractivity contribution in [2.45, 2.75) is 68.3 Å². The lowest BCUT2D eigenvalue weighted by Gasteiger charge is -2.45. The zero-order valence-corrected chi connectivity index (χ0v) is 24.6. The number of aromatic hydroxyl groups is 3. The van der Waals surface area contributed by atoms with E-state index in [9.17, 15) is 50.8 Å². The summed E-state index contributed by atoms with van der Waals surface area (Å²) in [4.78, 5) is 14.0. The Kier molecular flexibility index (Phi) is 9.50. The molecule has 2 aliphatic rings. The molecule has 2 aliphatic heterocycles. The van der Waals surface area contributed by atoms with E-state index in [-0.39, 0.29) is 28.6 Å². The highest BCUT2D eigenvalue weighted by molar-refractivity contribution is 5.93. The van der Waals surface area contributed by atoms with Crippen molar-refractivity contribution in [3.8, 4) is 45.8 Å². The molecule has 46 heavy (non-hydrogen) atoms. The SMILES string of the molecule is COc1cc(-c2oc3c(OC)c(O)cc(O)c3c(=O)c2O[C@@H]2O[C@H](CO)[C@@H](O)[C@H](O)[C@H]2O[C@@H]2O[C@@H](C)[C@H](O)[C@@H](O)[C@H]2O)ccc1O. The Morgan fingerprint density at radius 1 is 0.783 bits per heavy atom. The fourth-order valence-corrected chi connectivity index (χ4v) is 5.30. The number of ether oxygens (including phenoxy) is 6. The fraction of sp³-hybridized carbons (Fsp3) is 0.483. The summed E-state index contributed by atoms with van der Waals surface area (Å²) in [7, 11) is 2.45. The molecule has 2 aromatic carbocycles. The summed E-state index contributed by atoms with van der Waals surface area (Å²) in [6.07, 6.45) is -16.7. The number of rotatable bonds is 8. The predicted molar refractivity (Wildman–Crippen MR) is 152 cm³/mol. The molecule has 17 heteroatoms. The maximum absolute atomic E-state index is 14.0. The first kappa shape index (κ1) is 33.5. The summed E-state index contributed by atoms with van der Waals surface area (Å²) in [5.74, 6) is -3.02. The van der Waals surface area contributed by atoms with Gasteiger partial charge in [0.1, 0.15) is 47.8 Å². The molecule has 3 heterocycles. The van der Waals surface area contributed by atoms with Gasteiger partial charge in [0.15, 0.2) is 41.0 Å². The number of benzene rings is 2. The summed E-state index contributed by atoms with van der Waals surface area (Å²) < 4.78 is 39.1. The number of phenols is 3. The van der Waals surface area contributed by atoms with Crippen molar-refractivity contribution >= 4 is 11.0 Å². The first-order chi connectivity index (χ1) is 21.8. The van der Waals surface area contributed by atoms with Crippen LogP contribution in [0.5, 0.6) is 34.5 Å². The Morgan fingerprint density at radius 2 is 1.50 bits per heavy atom. The van der Waals surface area contributed by atoms with Crippen molar-refractivity contribution in [2.75, 3.05) is 20.8 Å². The van der Waals surface area contributed by atoms with Crippen LogP contribution in [0.4, 0.5) is 0 Å². The molecule has 2 fully saturated rings.